The number of benzene rings is 2. The lowest BCUT2D eigenvalue weighted by molar-refractivity contribution is 0.0800. The fourth-order valence-corrected chi connectivity index (χ4v) is 2.43. The molecular formula is C19H18N2O. The molecule has 0 atom stereocenters. The molecule has 3 rings (SSSR count). The van der Waals surface area contributed by atoms with Gasteiger partial charge in [0, 0.05) is 17.8 Å². The monoisotopic (exact) mass is 290 g/mol. The Morgan fingerprint density at radius 3 is 2.32 bits per heavy atom. The highest BCUT2D eigenvalue weighted by Gasteiger charge is 2.19. The summed E-state index contributed by atoms with van der Waals surface area (Å²) < 4.78 is 0. The van der Waals surface area contributed by atoms with Gasteiger partial charge in [0.25, 0.3) is 5.91 Å². The molecule has 2 aromatic rings. The van der Waals surface area contributed by atoms with Crippen molar-refractivity contribution in [1.82, 2.24) is 10.2 Å². The number of hydrogen-bond acceptors (Lipinski definition) is 2. The van der Waals surface area contributed by atoms with Gasteiger partial charge in [0.2, 0.25) is 0 Å². The van der Waals surface area contributed by atoms with E-state index in [4.69, 9.17) is 0 Å². The first-order chi connectivity index (χ1) is 10.8. The molecule has 0 saturated carbocycles. The van der Waals surface area contributed by atoms with Gasteiger partial charge in [0.15, 0.2) is 0 Å². The largest absolute Gasteiger partial charge is 0.387 e. The third-order valence-electron chi connectivity index (χ3n) is 3.56. The molecule has 0 unspecified atom stereocenters. The van der Waals surface area contributed by atoms with E-state index in [0.29, 0.717) is 12.1 Å². The van der Waals surface area contributed by atoms with Gasteiger partial charge in [-0.15, -0.1) is 0 Å². The molecular weight excluding hydrogens is 272 g/mol. The van der Waals surface area contributed by atoms with Crippen molar-refractivity contribution in [3.8, 4) is 0 Å². The van der Waals surface area contributed by atoms with Gasteiger partial charge in [-0.2, -0.15) is 0 Å². The molecule has 22 heavy (non-hydrogen) atoms. The molecule has 0 fully saturated rings. The van der Waals surface area contributed by atoms with Crippen LogP contribution in [0.2, 0.25) is 0 Å². The first-order valence-electron chi connectivity index (χ1n) is 7.35. The maximum absolute atomic E-state index is 12.9. The number of rotatable bonds is 4. The summed E-state index contributed by atoms with van der Waals surface area (Å²) in [6, 6.07) is 19.4. The van der Waals surface area contributed by atoms with Gasteiger partial charge in [-0.05, 0) is 36.0 Å². The molecule has 1 amide bonds. The number of nitrogens with zero attached hydrogens (tertiary/aromatic N) is 1. The van der Waals surface area contributed by atoms with Crippen LogP contribution in [0.1, 0.15) is 15.9 Å². The Bertz CT molecular complexity index is 690. The highest BCUT2D eigenvalue weighted by molar-refractivity contribution is 5.95. The van der Waals surface area contributed by atoms with Crippen LogP contribution in [0, 0.1) is 0 Å². The third-order valence-corrected chi connectivity index (χ3v) is 3.56. The zero-order valence-corrected chi connectivity index (χ0v) is 12.3. The van der Waals surface area contributed by atoms with Gasteiger partial charge in [-0.3, -0.25) is 4.79 Å². The molecule has 1 aliphatic rings. The van der Waals surface area contributed by atoms with Crippen LogP contribution >= 0.6 is 0 Å². The van der Waals surface area contributed by atoms with Crippen molar-refractivity contribution in [3.63, 3.8) is 0 Å². The van der Waals surface area contributed by atoms with Crippen LogP contribution < -0.4 is 5.32 Å². The molecule has 0 saturated heterocycles. The first kappa shape index (κ1) is 14.1. The van der Waals surface area contributed by atoms with E-state index in [1.807, 2.05) is 83.9 Å². The van der Waals surface area contributed by atoms with E-state index in [1.54, 1.807) is 0 Å². The van der Waals surface area contributed by atoms with Crippen molar-refractivity contribution in [2.75, 3.05) is 6.54 Å². The Labute approximate surface area is 130 Å². The van der Waals surface area contributed by atoms with Gasteiger partial charge in [0.05, 0.1) is 6.54 Å². The van der Waals surface area contributed by atoms with E-state index in [1.165, 1.54) is 0 Å². The van der Waals surface area contributed by atoms with Gasteiger partial charge in [-0.25, -0.2) is 0 Å². The minimum atomic E-state index is 0.0160. The fraction of sp³-hybridized carbons (Fsp3) is 0.105. The zero-order valence-electron chi connectivity index (χ0n) is 12.3. The number of dihydropyridines is 1. The van der Waals surface area contributed by atoms with Crippen LogP contribution in [0.15, 0.2) is 84.7 Å². The molecule has 0 aliphatic carbocycles. The number of amides is 1. The second-order valence-corrected chi connectivity index (χ2v) is 5.11. The minimum absolute atomic E-state index is 0.0160. The molecule has 1 aliphatic heterocycles. The molecule has 0 aromatic heterocycles. The SMILES string of the molecule is O=C(c1ccccc1)N(Cc1ccccc1)C1=CCNC=C1. The molecule has 3 nitrogen and oxygen atoms in total. The number of carbonyl (C=O) groups excluding carboxylic acids is 1. The normalized spacial score (nSPS) is 13.2. The lowest BCUT2D eigenvalue weighted by Gasteiger charge is -2.25. The van der Waals surface area contributed by atoms with E-state index >= 15 is 0 Å². The summed E-state index contributed by atoms with van der Waals surface area (Å²) in [5, 5.41) is 3.12. The summed E-state index contributed by atoms with van der Waals surface area (Å²) in [4.78, 5) is 14.7. The van der Waals surface area contributed by atoms with Crippen LogP contribution in [0.5, 0.6) is 0 Å². The van der Waals surface area contributed by atoms with Gasteiger partial charge in [-0.1, -0.05) is 48.5 Å². The van der Waals surface area contributed by atoms with Crippen molar-refractivity contribution >= 4 is 5.91 Å². The zero-order chi connectivity index (χ0) is 15.2. The Morgan fingerprint density at radius 2 is 1.68 bits per heavy atom. The Morgan fingerprint density at radius 1 is 1.00 bits per heavy atom. The molecule has 110 valence electrons. The van der Waals surface area contributed by atoms with Gasteiger partial charge >= 0.3 is 0 Å². The van der Waals surface area contributed by atoms with Crippen molar-refractivity contribution in [2.24, 2.45) is 0 Å². The van der Waals surface area contributed by atoms with E-state index < -0.39 is 0 Å². The van der Waals surface area contributed by atoms with Crippen LogP contribution in [-0.2, 0) is 6.54 Å². The third kappa shape index (κ3) is 3.26. The van der Waals surface area contributed by atoms with Crippen LogP contribution in [0.25, 0.3) is 0 Å². The molecule has 1 N–H and O–H groups in total. The predicted molar refractivity (Wildman–Crippen MR) is 88.0 cm³/mol. The van der Waals surface area contributed by atoms with Crippen molar-refractivity contribution in [1.29, 1.82) is 0 Å². The van der Waals surface area contributed by atoms with Crippen molar-refractivity contribution < 1.29 is 4.79 Å². The van der Waals surface area contributed by atoms with E-state index in [-0.39, 0.29) is 5.91 Å². The Balaban J connectivity index is 1.91. The smallest absolute Gasteiger partial charge is 0.258 e. The fourth-order valence-electron chi connectivity index (χ4n) is 2.43. The number of hydrogen-bond donors (Lipinski definition) is 1. The second-order valence-electron chi connectivity index (χ2n) is 5.11. The van der Waals surface area contributed by atoms with E-state index in [9.17, 15) is 4.79 Å². The molecule has 2 aromatic carbocycles. The van der Waals surface area contributed by atoms with Crippen LogP contribution in [0.3, 0.4) is 0 Å². The molecule has 0 bridgehead atoms. The minimum Gasteiger partial charge on any atom is -0.387 e. The summed E-state index contributed by atoms with van der Waals surface area (Å²) in [5.41, 5.74) is 2.74. The Kier molecular flexibility index (Phi) is 4.35. The summed E-state index contributed by atoms with van der Waals surface area (Å²) in [7, 11) is 0. The molecule has 0 spiro atoms. The summed E-state index contributed by atoms with van der Waals surface area (Å²) in [6.07, 6.45) is 5.85. The number of allylic oxidation sites excluding steroid dienone is 1. The predicted octanol–water partition coefficient (Wildman–Crippen LogP) is 3.33. The lowest BCUT2D eigenvalue weighted by atomic mass is 10.1. The van der Waals surface area contributed by atoms with Crippen LogP contribution in [-0.4, -0.2) is 17.4 Å². The van der Waals surface area contributed by atoms with Crippen LogP contribution in [0.4, 0.5) is 0 Å². The Hall–Kier alpha value is -2.81. The molecule has 1 heterocycles. The molecule has 3 heteroatoms. The quantitative estimate of drug-likeness (QED) is 0.936. The number of carbonyl (C=O) groups is 1. The average Bonchev–Trinajstić information content (AvgIpc) is 2.61. The van der Waals surface area contributed by atoms with E-state index in [2.05, 4.69) is 5.32 Å². The topological polar surface area (TPSA) is 32.3 Å². The first-order valence-corrected chi connectivity index (χ1v) is 7.35. The highest BCUT2D eigenvalue weighted by Crippen LogP contribution is 2.17. The molecule has 0 radical (unpaired) electrons. The average molecular weight is 290 g/mol. The van der Waals surface area contributed by atoms with E-state index in [0.717, 1.165) is 17.8 Å². The van der Waals surface area contributed by atoms with Gasteiger partial charge < -0.3 is 10.2 Å². The summed E-state index contributed by atoms with van der Waals surface area (Å²) >= 11 is 0. The van der Waals surface area contributed by atoms with Gasteiger partial charge in [0.1, 0.15) is 0 Å². The van der Waals surface area contributed by atoms with Crippen molar-refractivity contribution in [3.05, 3.63) is 95.8 Å². The number of nitrogens with one attached hydrogen (secondary N) is 1. The lowest BCUT2D eigenvalue weighted by Crippen LogP contribution is -2.31. The highest BCUT2D eigenvalue weighted by atomic mass is 16.2. The maximum atomic E-state index is 12.9. The second kappa shape index (κ2) is 6.76. The standard InChI is InChI=1S/C19H18N2O/c22-19(17-9-5-2-6-10-17)21(18-11-13-20-14-12-18)15-16-7-3-1-4-8-16/h1-13,20H,14-15H2. The summed E-state index contributed by atoms with van der Waals surface area (Å²) in [6.45, 7) is 1.30. The van der Waals surface area contributed by atoms with Crippen molar-refractivity contribution in [2.45, 2.75) is 6.54 Å². The summed E-state index contributed by atoms with van der Waals surface area (Å²) in [5.74, 6) is 0.0160. The maximum Gasteiger partial charge on any atom is 0.258 e.